The van der Waals surface area contributed by atoms with E-state index in [2.05, 4.69) is 22.2 Å². The number of urea groups is 1. The van der Waals surface area contributed by atoms with E-state index in [0.717, 1.165) is 49.4 Å². The number of aryl methyl sites for hydroxylation is 2. The van der Waals surface area contributed by atoms with E-state index < -0.39 is 0 Å². The lowest BCUT2D eigenvalue weighted by Crippen LogP contribution is -2.50. The van der Waals surface area contributed by atoms with Crippen LogP contribution in [0.5, 0.6) is 0 Å². The van der Waals surface area contributed by atoms with Crippen LogP contribution in [-0.2, 0) is 7.05 Å². The normalized spacial score (nSPS) is 25.8. The minimum absolute atomic E-state index is 0.0343. The Bertz CT molecular complexity index is 583. The molecule has 2 aliphatic rings. The van der Waals surface area contributed by atoms with E-state index in [-0.39, 0.29) is 6.03 Å². The van der Waals surface area contributed by atoms with Crippen LogP contribution >= 0.6 is 0 Å². The summed E-state index contributed by atoms with van der Waals surface area (Å²) in [5, 5.41) is 7.26. The number of carbonyl (C=O) groups is 1. The van der Waals surface area contributed by atoms with Crippen molar-refractivity contribution in [2.24, 2.45) is 13.0 Å². The zero-order valence-electron chi connectivity index (χ0n) is 16.2. The van der Waals surface area contributed by atoms with Gasteiger partial charge in [-0.15, -0.1) is 0 Å². The van der Waals surface area contributed by atoms with E-state index in [1.807, 2.05) is 32.0 Å². The molecule has 1 aromatic heterocycles. The Labute approximate surface area is 151 Å². The summed E-state index contributed by atoms with van der Waals surface area (Å²) in [4.78, 5) is 17.1. The molecule has 1 aliphatic heterocycles. The molecule has 6 nitrogen and oxygen atoms in total. The number of likely N-dealkylation sites (tertiary alicyclic amines) is 1. The van der Waals surface area contributed by atoms with Gasteiger partial charge in [-0.05, 0) is 51.4 Å². The fourth-order valence-corrected chi connectivity index (χ4v) is 4.34. The van der Waals surface area contributed by atoms with Crippen molar-refractivity contribution in [3.63, 3.8) is 0 Å². The number of rotatable bonds is 3. The number of hydrogen-bond acceptors (Lipinski definition) is 3. The second kappa shape index (κ2) is 7.77. The molecule has 2 fully saturated rings. The van der Waals surface area contributed by atoms with Gasteiger partial charge in [0.25, 0.3) is 0 Å². The van der Waals surface area contributed by atoms with E-state index in [1.54, 1.807) is 4.68 Å². The van der Waals surface area contributed by atoms with Crippen molar-refractivity contribution in [2.75, 3.05) is 25.5 Å². The van der Waals surface area contributed by atoms with Crippen LogP contribution in [0.3, 0.4) is 0 Å². The van der Waals surface area contributed by atoms with Gasteiger partial charge in [0.15, 0.2) is 0 Å². The average Bonchev–Trinajstić information content (AvgIpc) is 2.92. The topological polar surface area (TPSA) is 53.4 Å². The number of nitrogens with one attached hydrogen (secondary N) is 1. The number of amides is 2. The third-order valence-corrected chi connectivity index (χ3v) is 6.11. The minimum Gasteiger partial charge on any atom is -0.324 e. The molecule has 1 saturated carbocycles. The van der Waals surface area contributed by atoms with Gasteiger partial charge in [0, 0.05) is 45.3 Å². The van der Waals surface area contributed by atoms with E-state index in [0.29, 0.717) is 6.04 Å². The lowest BCUT2D eigenvalue weighted by Gasteiger charge is -2.42. The van der Waals surface area contributed by atoms with Crippen molar-refractivity contribution in [1.82, 2.24) is 19.6 Å². The van der Waals surface area contributed by atoms with Crippen LogP contribution < -0.4 is 5.32 Å². The second-order valence-corrected chi connectivity index (χ2v) is 8.02. The van der Waals surface area contributed by atoms with Crippen molar-refractivity contribution in [3.05, 3.63) is 11.8 Å². The maximum Gasteiger partial charge on any atom is 0.322 e. The smallest absolute Gasteiger partial charge is 0.322 e. The summed E-state index contributed by atoms with van der Waals surface area (Å²) >= 11 is 0. The Morgan fingerprint density at radius 2 is 1.84 bits per heavy atom. The molecule has 6 heteroatoms. The Balaban J connectivity index is 1.48. The van der Waals surface area contributed by atoms with Crippen LogP contribution in [0, 0.1) is 12.8 Å². The SMILES string of the molecule is Cc1cc(NC(=O)N(C)C2CCN(C3CCC(C)CC3)CC2)n(C)n1. The van der Waals surface area contributed by atoms with Crippen molar-refractivity contribution in [1.29, 1.82) is 0 Å². The third-order valence-electron chi connectivity index (χ3n) is 6.11. The standard InChI is InChI=1S/C19H33N5O/c1-14-5-7-17(8-6-14)24-11-9-16(10-12-24)22(3)19(25)20-18-13-15(2)21-23(18)4/h13-14,16-17H,5-12H2,1-4H3,(H,20,25). The first kappa shape index (κ1) is 18.2. The van der Waals surface area contributed by atoms with Gasteiger partial charge in [0.05, 0.1) is 5.69 Å². The van der Waals surface area contributed by atoms with Crippen LogP contribution in [0.1, 0.15) is 51.1 Å². The average molecular weight is 348 g/mol. The molecule has 0 radical (unpaired) electrons. The number of hydrogen-bond donors (Lipinski definition) is 1. The van der Waals surface area contributed by atoms with Gasteiger partial charge in [-0.3, -0.25) is 10.00 Å². The van der Waals surface area contributed by atoms with Crippen LogP contribution in [0.15, 0.2) is 6.07 Å². The number of piperidine rings is 1. The third kappa shape index (κ3) is 4.35. The van der Waals surface area contributed by atoms with Gasteiger partial charge in [0.2, 0.25) is 0 Å². The molecule has 140 valence electrons. The first-order valence-electron chi connectivity index (χ1n) is 9.72. The highest BCUT2D eigenvalue weighted by molar-refractivity contribution is 5.88. The number of aromatic nitrogens is 2. The Kier molecular flexibility index (Phi) is 5.67. The van der Waals surface area contributed by atoms with E-state index in [9.17, 15) is 4.79 Å². The summed E-state index contributed by atoms with van der Waals surface area (Å²) in [6, 6.07) is 2.97. The molecule has 2 amide bonds. The first-order valence-corrected chi connectivity index (χ1v) is 9.72. The summed E-state index contributed by atoms with van der Waals surface area (Å²) in [5.74, 6) is 1.65. The molecule has 25 heavy (non-hydrogen) atoms. The second-order valence-electron chi connectivity index (χ2n) is 8.02. The lowest BCUT2D eigenvalue weighted by molar-refractivity contribution is 0.0843. The van der Waals surface area contributed by atoms with Crippen LogP contribution in [-0.4, -0.2) is 57.8 Å². The quantitative estimate of drug-likeness (QED) is 0.913. The van der Waals surface area contributed by atoms with Gasteiger partial charge >= 0.3 is 6.03 Å². The molecule has 0 atom stereocenters. The molecule has 1 N–H and O–H groups in total. The van der Waals surface area contributed by atoms with Gasteiger partial charge in [-0.25, -0.2) is 4.79 Å². The van der Waals surface area contributed by atoms with Crippen LogP contribution in [0.4, 0.5) is 10.6 Å². The first-order chi connectivity index (χ1) is 11.9. The molecule has 3 rings (SSSR count). The maximum absolute atomic E-state index is 12.6. The van der Waals surface area contributed by atoms with Gasteiger partial charge in [-0.2, -0.15) is 5.10 Å². The van der Waals surface area contributed by atoms with Crippen LogP contribution in [0.25, 0.3) is 0 Å². The van der Waals surface area contributed by atoms with Crippen LogP contribution in [0.2, 0.25) is 0 Å². The number of nitrogens with zero attached hydrogens (tertiary/aromatic N) is 4. The Morgan fingerprint density at radius 3 is 2.40 bits per heavy atom. The van der Waals surface area contributed by atoms with Gasteiger partial charge in [0.1, 0.15) is 5.82 Å². The van der Waals surface area contributed by atoms with E-state index >= 15 is 0 Å². The summed E-state index contributed by atoms with van der Waals surface area (Å²) < 4.78 is 1.72. The molecule has 2 heterocycles. The van der Waals surface area contributed by atoms with E-state index in [1.165, 1.54) is 25.7 Å². The largest absolute Gasteiger partial charge is 0.324 e. The van der Waals surface area contributed by atoms with Crippen molar-refractivity contribution >= 4 is 11.8 Å². The van der Waals surface area contributed by atoms with Crippen molar-refractivity contribution in [3.8, 4) is 0 Å². The summed E-state index contributed by atoms with van der Waals surface area (Å²) in [5.41, 5.74) is 0.913. The molecular formula is C19H33N5O. The zero-order valence-corrected chi connectivity index (χ0v) is 16.2. The molecule has 1 aromatic rings. The zero-order chi connectivity index (χ0) is 18.0. The lowest BCUT2D eigenvalue weighted by atomic mass is 9.85. The monoisotopic (exact) mass is 347 g/mol. The molecule has 0 bridgehead atoms. The van der Waals surface area contributed by atoms with Crippen molar-refractivity contribution in [2.45, 2.75) is 64.5 Å². The molecule has 1 aliphatic carbocycles. The summed E-state index contributed by atoms with van der Waals surface area (Å²) in [6.07, 6.45) is 7.58. The van der Waals surface area contributed by atoms with Gasteiger partial charge < -0.3 is 9.80 Å². The highest BCUT2D eigenvalue weighted by Gasteiger charge is 2.30. The molecule has 1 saturated heterocycles. The van der Waals surface area contributed by atoms with E-state index in [4.69, 9.17) is 0 Å². The highest BCUT2D eigenvalue weighted by Crippen LogP contribution is 2.29. The number of anilines is 1. The Hall–Kier alpha value is -1.56. The molecule has 0 unspecified atom stereocenters. The van der Waals surface area contributed by atoms with Crippen molar-refractivity contribution < 1.29 is 4.79 Å². The summed E-state index contributed by atoms with van der Waals surface area (Å²) in [6.45, 7) is 6.54. The predicted molar refractivity (Wildman–Crippen MR) is 101 cm³/mol. The predicted octanol–water partition coefficient (Wildman–Crippen LogP) is 3.24. The fourth-order valence-electron chi connectivity index (χ4n) is 4.34. The summed E-state index contributed by atoms with van der Waals surface area (Å²) in [7, 11) is 3.77. The minimum atomic E-state index is -0.0343. The number of carbonyl (C=O) groups excluding carboxylic acids is 1. The van der Waals surface area contributed by atoms with Gasteiger partial charge in [-0.1, -0.05) is 6.92 Å². The fraction of sp³-hybridized carbons (Fsp3) is 0.789. The molecule has 0 aromatic carbocycles. The Morgan fingerprint density at radius 1 is 1.20 bits per heavy atom. The maximum atomic E-state index is 12.6. The highest BCUT2D eigenvalue weighted by atomic mass is 16.2. The molecule has 0 spiro atoms. The molecular weight excluding hydrogens is 314 g/mol.